The van der Waals surface area contributed by atoms with E-state index in [0.29, 0.717) is 18.6 Å². The van der Waals surface area contributed by atoms with Gasteiger partial charge in [0.25, 0.3) is 0 Å². The highest BCUT2D eigenvalue weighted by Gasteiger charge is 2.37. The number of allylic oxidation sites excluding steroid dienone is 4. The van der Waals surface area contributed by atoms with E-state index in [4.69, 9.17) is 4.74 Å². The van der Waals surface area contributed by atoms with Crippen molar-refractivity contribution in [2.45, 2.75) is 58.2 Å². The van der Waals surface area contributed by atoms with Gasteiger partial charge in [0, 0.05) is 30.9 Å². The predicted octanol–water partition coefficient (Wildman–Crippen LogP) is 4.03. The third-order valence-corrected chi connectivity index (χ3v) is 6.00. The second-order valence-electron chi connectivity index (χ2n) is 7.64. The molecule has 0 spiro atoms. The molecule has 3 aliphatic rings. The molecule has 26 heavy (non-hydrogen) atoms. The number of ketones is 1. The van der Waals surface area contributed by atoms with Gasteiger partial charge in [0.05, 0.1) is 12.2 Å². The number of aliphatic hydroxyl groups excluding tert-OH is 2. The van der Waals surface area contributed by atoms with E-state index in [-0.39, 0.29) is 41.8 Å². The number of rotatable bonds is 4. The van der Waals surface area contributed by atoms with Gasteiger partial charge in [-0.1, -0.05) is 37.3 Å². The van der Waals surface area contributed by atoms with Crippen molar-refractivity contribution in [3.63, 3.8) is 0 Å². The zero-order valence-electron chi connectivity index (χ0n) is 15.7. The fraction of sp³-hybridized carbons (Fsp3) is 0.591. The molecule has 0 radical (unpaired) electrons. The summed E-state index contributed by atoms with van der Waals surface area (Å²) in [6, 6.07) is 0. The van der Waals surface area contributed by atoms with Gasteiger partial charge in [0.15, 0.2) is 5.78 Å². The van der Waals surface area contributed by atoms with Crippen LogP contribution < -0.4 is 0 Å². The SMILES string of the molecule is CCOC1C=CC(C(C)C(O)=C2CC(O)C3CC=CCC3CC2=O)=CC1. The molecule has 142 valence electrons. The molecular weight excluding hydrogens is 328 g/mol. The summed E-state index contributed by atoms with van der Waals surface area (Å²) >= 11 is 0. The lowest BCUT2D eigenvalue weighted by Crippen LogP contribution is -2.27. The van der Waals surface area contributed by atoms with E-state index in [0.717, 1.165) is 24.8 Å². The van der Waals surface area contributed by atoms with E-state index in [1.54, 1.807) is 0 Å². The average Bonchev–Trinajstić information content (AvgIpc) is 2.78. The van der Waals surface area contributed by atoms with Crippen LogP contribution in [0.1, 0.15) is 46.0 Å². The molecule has 2 N–H and O–H groups in total. The van der Waals surface area contributed by atoms with Crippen LogP contribution in [0, 0.1) is 17.8 Å². The number of hydrogen-bond donors (Lipinski definition) is 2. The summed E-state index contributed by atoms with van der Waals surface area (Å²) in [7, 11) is 0. The summed E-state index contributed by atoms with van der Waals surface area (Å²) in [5, 5.41) is 21.5. The Bertz CT molecular complexity index is 655. The Hall–Kier alpha value is -1.65. The van der Waals surface area contributed by atoms with Crippen molar-refractivity contribution < 1.29 is 19.7 Å². The van der Waals surface area contributed by atoms with Crippen molar-refractivity contribution in [1.29, 1.82) is 0 Å². The van der Waals surface area contributed by atoms with Crippen LogP contribution in [0.15, 0.2) is 47.3 Å². The summed E-state index contributed by atoms with van der Waals surface area (Å²) in [6.45, 7) is 4.56. The Kier molecular flexibility index (Phi) is 6.15. The summed E-state index contributed by atoms with van der Waals surface area (Å²) in [5.74, 6) is 0.155. The summed E-state index contributed by atoms with van der Waals surface area (Å²) in [5.41, 5.74) is 1.41. The smallest absolute Gasteiger partial charge is 0.162 e. The van der Waals surface area contributed by atoms with E-state index >= 15 is 0 Å². The first-order valence-electron chi connectivity index (χ1n) is 9.79. The third kappa shape index (κ3) is 4.02. The van der Waals surface area contributed by atoms with Crippen LogP contribution in [-0.2, 0) is 9.53 Å². The lowest BCUT2D eigenvalue weighted by atomic mass is 9.78. The normalized spacial score (nSPS) is 34.7. The third-order valence-electron chi connectivity index (χ3n) is 6.00. The van der Waals surface area contributed by atoms with Crippen LogP contribution in [0.2, 0.25) is 0 Å². The minimum Gasteiger partial charge on any atom is -0.511 e. The highest BCUT2D eigenvalue weighted by molar-refractivity contribution is 5.96. The zero-order valence-corrected chi connectivity index (χ0v) is 15.7. The van der Waals surface area contributed by atoms with Gasteiger partial charge >= 0.3 is 0 Å². The molecule has 0 aromatic carbocycles. The minimum atomic E-state index is -0.570. The standard InChI is InChI=1S/C22H30O4/c1-3-26-17-10-8-15(9-11-17)14(2)22(25)19-13-21(24)18-7-5-4-6-16(18)12-20(19)23/h4-5,8-10,14,16-18,21,24-25H,3,6-7,11-13H2,1-2H3. The molecule has 5 atom stereocenters. The fourth-order valence-corrected chi connectivity index (χ4v) is 4.38. The van der Waals surface area contributed by atoms with Crippen LogP contribution in [0.4, 0.5) is 0 Å². The van der Waals surface area contributed by atoms with Gasteiger partial charge in [-0.25, -0.2) is 0 Å². The first-order chi connectivity index (χ1) is 12.5. The number of carbonyl (C=O) groups excluding carboxylic acids is 1. The molecule has 5 unspecified atom stereocenters. The Morgan fingerprint density at radius 2 is 2.04 bits per heavy atom. The van der Waals surface area contributed by atoms with Gasteiger partial charge in [-0.15, -0.1) is 0 Å². The Morgan fingerprint density at radius 3 is 2.73 bits per heavy atom. The van der Waals surface area contributed by atoms with E-state index in [9.17, 15) is 15.0 Å². The van der Waals surface area contributed by atoms with Crippen LogP contribution in [0.25, 0.3) is 0 Å². The van der Waals surface area contributed by atoms with Gasteiger partial charge < -0.3 is 14.9 Å². The number of aliphatic hydroxyl groups is 2. The Morgan fingerprint density at radius 1 is 1.27 bits per heavy atom. The highest BCUT2D eigenvalue weighted by atomic mass is 16.5. The molecule has 4 nitrogen and oxygen atoms in total. The average molecular weight is 358 g/mol. The van der Waals surface area contributed by atoms with Crippen molar-refractivity contribution >= 4 is 5.78 Å². The van der Waals surface area contributed by atoms with Crippen LogP contribution >= 0.6 is 0 Å². The highest BCUT2D eigenvalue weighted by Crippen LogP contribution is 2.39. The topological polar surface area (TPSA) is 66.8 Å². The molecule has 0 aliphatic heterocycles. The zero-order chi connectivity index (χ0) is 18.7. The number of carbonyl (C=O) groups is 1. The maximum absolute atomic E-state index is 12.8. The minimum absolute atomic E-state index is 0.0104. The number of hydrogen-bond acceptors (Lipinski definition) is 4. The van der Waals surface area contributed by atoms with Gasteiger partial charge in [-0.3, -0.25) is 4.79 Å². The maximum atomic E-state index is 12.8. The van der Waals surface area contributed by atoms with Gasteiger partial charge in [-0.05, 0) is 43.6 Å². The molecule has 0 amide bonds. The monoisotopic (exact) mass is 358 g/mol. The van der Waals surface area contributed by atoms with Crippen molar-refractivity contribution in [3.8, 4) is 0 Å². The van der Waals surface area contributed by atoms with Crippen molar-refractivity contribution in [2.24, 2.45) is 17.8 Å². The van der Waals surface area contributed by atoms with Crippen molar-refractivity contribution in [2.75, 3.05) is 6.61 Å². The number of fused-ring (bicyclic) bond motifs is 1. The quantitative estimate of drug-likeness (QED) is 0.452. The first kappa shape index (κ1) is 19.1. The van der Waals surface area contributed by atoms with Gasteiger partial charge in [0.2, 0.25) is 0 Å². The molecule has 3 aliphatic carbocycles. The van der Waals surface area contributed by atoms with Crippen LogP contribution in [0.3, 0.4) is 0 Å². The molecule has 1 saturated carbocycles. The van der Waals surface area contributed by atoms with Crippen molar-refractivity contribution in [1.82, 2.24) is 0 Å². The molecule has 0 bridgehead atoms. The van der Waals surface area contributed by atoms with Gasteiger partial charge in [-0.2, -0.15) is 0 Å². The first-order valence-corrected chi connectivity index (χ1v) is 9.79. The largest absolute Gasteiger partial charge is 0.511 e. The Labute approximate surface area is 155 Å². The van der Waals surface area contributed by atoms with E-state index < -0.39 is 6.10 Å². The lowest BCUT2D eigenvalue weighted by Gasteiger charge is -2.29. The molecule has 1 fully saturated rings. The summed E-state index contributed by atoms with van der Waals surface area (Å²) in [4.78, 5) is 12.8. The molecule has 4 heteroatoms. The van der Waals surface area contributed by atoms with Crippen molar-refractivity contribution in [3.05, 3.63) is 47.3 Å². The molecule has 0 aromatic rings. The molecular formula is C22H30O4. The predicted molar refractivity (Wildman–Crippen MR) is 102 cm³/mol. The van der Waals surface area contributed by atoms with E-state index in [2.05, 4.69) is 18.2 Å². The summed E-state index contributed by atoms with van der Waals surface area (Å²) in [6.07, 6.45) is 12.9. The van der Waals surface area contributed by atoms with Crippen LogP contribution in [-0.4, -0.2) is 34.8 Å². The maximum Gasteiger partial charge on any atom is 0.162 e. The molecule has 0 heterocycles. The number of Topliss-reactive ketones (excluding diaryl/α,β-unsaturated/α-hetero) is 1. The van der Waals surface area contributed by atoms with Crippen LogP contribution in [0.5, 0.6) is 0 Å². The molecule has 0 saturated heterocycles. The fourth-order valence-electron chi connectivity index (χ4n) is 4.38. The van der Waals surface area contributed by atoms with E-state index in [1.807, 2.05) is 26.0 Å². The van der Waals surface area contributed by atoms with E-state index in [1.165, 1.54) is 0 Å². The summed E-state index contributed by atoms with van der Waals surface area (Å²) < 4.78 is 5.59. The second-order valence-corrected chi connectivity index (χ2v) is 7.64. The second kappa shape index (κ2) is 8.36. The molecule has 3 rings (SSSR count). The van der Waals surface area contributed by atoms with Gasteiger partial charge in [0.1, 0.15) is 5.76 Å². The number of ether oxygens (including phenoxy) is 1. The molecule has 0 aromatic heterocycles. The Balaban J connectivity index is 1.78. The lowest BCUT2D eigenvalue weighted by molar-refractivity contribution is -0.116.